The lowest BCUT2D eigenvalue weighted by atomic mass is 9.95. The molecule has 1 atom stereocenters. The highest BCUT2D eigenvalue weighted by molar-refractivity contribution is 4.78. The molecule has 0 aromatic heterocycles. The van der Waals surface area contributed by atoms with Crippen LogP contribution >= 0.6 is 0 Å². The van der Waals surface area contributed by atoms with Gasteiger partial charge in [0.25, 0.3) is 0 Å². The third-order valence-electron chi connectivity index (χ3n) is 2.24. The Kier molecular flexibility index (Phi) is 4.65. The topological polar surface area (TPSA) is 21.3 Å². The molecular formula is C8H19NO. The zero-order chi connectivity index (χ0) is 8.04. The normalized spacial score (nSPS) is 16.8. The first kappa shape index (κ1) is 9.92. The first-order valence-electron chi connectivity index (χ1n) is 3.86. The van der Waals surface area contributed by atoms with E-state index in [1.54, 1.807) is 7.11 Å². The second-order valence-electron chi connectivity index (χ2n) is 2.91. The molecule has 0 amide bonds. The first-order valence-corrected chi connectivity index (χ1v) is 3.86. The first-order chi connectivity index (χ1) is 4.68. The Balaban J connectivity index is 3.58. The van der Waals surface area contributed by atoms with Crippen LogP contribution in [0.25, 0.3) is 0 Å². The van der Waals surface area contributed by atoms with Gasteiger partial charge in [0.2, 0.25) is 0 Å². The molecule has 2 heteroatoms. The lowest BCUT2D eigenvalue weighted by Gasteiger charge is -2.27. The molecule has 0 fully saturated rings. The predicted octanol–water partition coefficient (Wildman–Crippen LogP) is 1.41. The Hall–Kier alpha value is -0.0800. The van der Waals surface area contributed by atoms with E-state index < -0.39 is 0 Å². The van der Waals surface area contributed by atoms with E-state index in [0.717, 1.165) is 19.4 Å². The Morgan fingerprint density at radius 2 is 2.10 bits per heavy atom. The maximum Gasteiger partial charge on any atom is 0.0479 e. The molecule has 0 aliphatic rings. The van der Waals surface area contributed by atoms with Gasteiger partial charge in [0.05, 0.1) is 0 Å². The molecular weight excluding hydrogens is 126 g/mol. The van der Waals surface area contributed by atoms with Crippen molar-refractivity contribution in [3.63, 3.8) is 0 Å². The van der Waals surface area contributed by atoms with Gasteiger partial charge in [-0.2, -0.15) is 0 Å². The van der Waals surface area contributed by atoms with Crippen LogP contribution in [0.5, 0.6) is 0 Å². The van der Waals surface area contributed by atoms with Crippen molar-refractivity contribution in [3.05, 3.63) is 0 Å². The van der Waals surface area contributed by atoms with Crippen LogP contribution in [0.3, 0.4) is 0 Å². The van der Waals surface area contributed by atoms with Crippen LogP contribution in [-0.4, -0.2) is 26.3 Å². The van der Waals surface area contributed by atoms with Crippen molar-refractivity contribution >= 4 is 0 Å². The van der Waals surface area contributed by atoms with Gasteiger partial charge in [0.15, 0.2) is 0 Å². The van der Waals surface area contributed by atoms with Crippen molar-refractivity contribution in [3.8, 4) is 0 Å². The number of hydrogen-bond donors (Lipinski definition) is 1. The summed E-state index contributed by atoms with van der Waals surface area (Å²) in [6.07, 6.45) is 2.23. The quantitative estimate of drug-likeness (QED) is 0.631. The number of rotatable bonds is 5. The van der Waals surface area contributed by atoms with Crippen molar-refractivity contribution < 1.29 is 4.74 Å². The average Bonchev–Trinajstić information content (AvgIpc) is 2.00. The Morgan fingerprint density at radius 1 is 1.50 bits per heavy atom. The van der Waals surface area contributed by atoms with Gasteiger partial charge >= 0.3 is 0 Å². The van der Waals surface area contributed by atoms with Crippen LogP contribution in [0.15, 0.2) is 0 Å². The predicted molar refractivity (Wildman–Crippen MR) is 44.2 cm³/mol. The SMILES string of the molecule is CCC(C)(CCOC)NC. The fourth-order valence-electron chi connectivity index (χ4n) is 0.806. The summed E-state index contributed by atoms with van der Waals surface area (Å²) >= 11 is 0. The third kappa shape index (κ3) is 3.18. The summed E-state index contributed by atoms with van der Waals surface area (Å²) in [6, 6.07) is 0. The standard InChI is InChI=1S/C8H19NO/c1-5-8(2,9-3)6-7-10-4/h9H,5-7H2,1-4H3. The summed E-state index contributed by atoms with van der Waals surface area (Å²) in [7, 11) is 3.74. The van der Waals surface area contributed by atoms with Crippen LogP contribution in [0.4, 0.5) is 0 Å². The monoisotopic (exact) mass is 145 g/mol. The summed E-state index contributed by atoms with van der Waals surface area (Å²) in [6.45, 7) is 5.24. The van der Waals surface area contributed by atoms with E-state index in [2.05, 4.69) is 19.2 Å². The molecule has 0 aromatic rings. The second-order valence-corrected chi connectivity index (χ2v) is 2.91. The highest BCUT2D eigenvalue weighted by Gasteiger charge is 2.17. The van der Waals surface area contributed by atoms with Crippen LogP contribution in [0, 0.1) is 0 Å². The number of methoxy groups -OCH3 is 1. The van der Waals surface area contributed by atoms with Crippen molar-refractivity contribution in [2.45, 2.75) is 32.2 Å². The molecule has 0 rings (SSSR count). The molecule has 0 spiro atoms. The molecule has 0 aromatic carbocycles. The van der Waals surface area contributed by atoms with Gasteiger partial charge in [-0.15, -0.1) is 0 Å². The number of hydrogen-bond acceptors (Lipinski definition) is 2. The summed E-state index contributed by atoms with van der Waals surface area (Å²) in [4.78, 5) is 0. The minimum absolute atomic E-state index is 0.260. The van der Waals surface area contributed by atoms with E-state index in [-0.39, 0.29) is 5.54 Å². The van der Waals surface area contributed by atoms with Crippen LogP contribution in [0.2, 0.25) is 0 Å². The second kappa shape index (κ2) is 4.69. The van der Waals surface area contributed by atoms with Gasteiger partial charge in [0, 0.05) is 19.3 Å². The van der Waals surface area contributed by atoms with Gasteiger partial charge in [-0.3, -0.25) is 0 Å². The van der Waals surface area contributed by atoms with Crippen LogP contribution < -0.4 is 5.32 Å². The highest BCUT2D eigenvalue weighted by atomic mass is 16.5. The van der Waals surface area contributed by atoms with Crippen LogP contribution in [0.1, 0.15) is 26.7 Å². The minimum atomic E-state index is 0.260. The van der Waals surface area contributed by atoms with E-state index in [9.17, 15) is 0 Å². The Bertz CT molecular complexity index is 79.3. The lowest BCUT2D eigenvalue weighted by Crippen LogP contribution is -2.39. The Morgan fingerprint density at radius 3 is 2.40 bits per heavy atom. The molecule has 1 N–H and O–H groups in total. The van der Waals surface area contributed by atoms with Crippen LogP contribution in [-0.2, 0) is 4.74 Å². The third-order valence-corrected chi connectivity index (χ3v) is 2.24. The van der Waals surface area contributed by atoms with E-state index in [1.165, 1.54) is 0 Å². The molecule has 62 valence electrons. The van der Waals surface area contributed by atoms with E-state index in [1.807, 2.05) is 7.05 Å². The molecule has 0 radical (unpaired) electrons. The Labute approximate surface area is 64.0 Å². The van der Waals surface area contributed by atoms with Gasteiger partial charge in [-0.05, 0) is 26.8 Å². The molecule has 10 heavy (non-hydrogen) atoms. The fraction of sp³-hybridized carbons (Fsp3) is 1.00. The average molecular weight is 145 g/mol. The molecule has 0 aliphatic heterocycles. The van der Waals surface area contributed by atoms with E-state index in [0.29, 0.717) is 0 Å². The maximum absolute atomic E-state index is 5.00. The summed E-state index contributed by atoms with van der Waals surface area (Å²) < 4.78 is 5.00. The van der Waals surface area contributed by atoms with Gasteiger partial charge in [-0.1, -0.05) is 6.92 Å². The van der Waals surface area contributed by atoms with E-state index in [4.69, 9.17) is 4.74 Å². The summed E-state index contributed by atoms with van der Waals surface area (Å²) in [5, 5.41) is 3.28. The fourth-order valence-corrected chi connectivity index (χ4v) is 0.806. The van der Waals surface area contributed by atoms with Gasteiger partial charge in [0.1, 0.15) is 0 Å². The van der Waals surface area contributed by atoms with Crippen molar-refractivity contribution in [1.82, 2.24) is 5.32 Å². The van der Waals surface area contributed by atoms with Gasteiger partial charge < -0.3 is 10.1 Å². The molecule has 0 saturated carbocycles. The maximum atomic E-state index is 5.00. The summed E-state index contributed by atoms with van der Waals surface area (Å²) in [5.41, 5.74) is 0.260. The molecule has 0 heterocycles. The zero-order valence-corrected chi connectivity index (χ0v) is 7.53. The number of ether oxygens (including phenoxy) is 1. The number of nitrogens with one attached hydrogen (secondary N) is 1. The molecule has 2 nitrogen and oxygen atoms in total. The van der Waals surface area contributed by atoms with E-state index >= 15 is 0 Å². The molecule has 0 bridgehead atoms. The largest absolute Gasteiger partial charge is 0.385 e. The lowest BCUT2D eigenvalue weighted by molar-refractivity contribution is 0.161. The molecule has 0 aliphatic carbocycles. The summed E-state index contributed by atoms with van der Waals surface area (Å²) in [5.74, 6) is 0. The highest BCUT2D eigenvalue weighted by Crippen LogP contribution is 2.12. The molecule has 0 saturated heterocycles. The van der Waals surface area contributed by atoms with Crippen molar-refractivity contribution in [1.29, 1.82) is 0 Å². The van der Waals surface area contributed by atoms with Gasteiger partial charge in [-0.25, -0.2) is 0 Å². The van der Waals surface area contributed by atoms with Crippen molar-refractivity contribution in [2.24, 2.45) is 0 Å². The van der Waals surface area contributed by atoms with Crippen molar-refractivity contribution in [2.75, 3.05) is 20.8 Å². The zero-order valence-electron chi connectivity index (χ0n) is 7.53. The molecule has 1 unspecified atom stereocenters. The smallest absolute Gasteiger partial charge is 0.0479 e. The minimum Gasteiger partial charge on any atom is -0.385 e.